The molecule has 0 radical (unpaired) electrons. The van der Waals surface area contributed by atoms with Crippen LogP contribution in [0.4, 0.5) is 11.5 Å². The molecule has 0 aliphatic heterocycles. The molecular formula is C28H24N6O3. The van der Waals surface area contributed by atoms with Gasteiger partial charge >= 0.3 is 0 Å². The van der Waals surface area contributed by atoms with Gasteiger partial charge in [-0.2, -0.15) is 5.10 Å². The number of aryl methyl sites for hydroxylation is 1. The lowest BCUT2D eigenvalue weighted by atomic mass is 9.95. The molecular weight excluding hydrogens is 468 g/mol. The van der Waals surface area contributed by atoms with Crippen LogP contribution in [-0.4, -0.2) is 30.6 Å². The third kappa shape index (κ3) is 4.63. The van der Waals surface area contributed by atoms with Gasteiger partial charge in [-0.05, 0) is 54.5 Å². The molecule has 2 aromatic carbocycles. The zero-order valence-electron chi connectivity index (χ0n) is 20.0. The van der Waals surface area contributed by atoms with E-state index in [1.54, 1.807) is 22.7 Å². The topological polar surface area (TPSA) is 128 Å². The van der Waals surface area contributed by atoms with Gasteiger partial charge in [0.25, 0.3) is 0 Å². The van der Waals surface area contributed by atoms with E-state index < -0.39 is 0 Å². The number of amides is 1. The van der Waals surface area contributed by atoms with Crippen LogP contribution < -0.4 is 15.8 Å². The van der Waals surface area contributed by atoms with Crippen LogP contribution in [0.3, 0.4) is 0 Å². The fourth-order valence-electron chi connectivity index (χ4n) is 4.21. The second kappa shape index (κ2) is 9.92. The molecule has 9 heteroatoms. The number of aliphatic hydroxyl groups excluding tert-OH is 1. The maximum absolute atomic E-state index is 11.7. The quantitative estimate of drug-likeness (QED) is 0.280. The number of hydrogen-bond donors (Lipinski definition) is 3. The third-order valence-electron chi connectivity index (χ3n) is 5.85. The van der Waals surface area contributed by atoms with Crippen molar-refractivity contribution < 1.29 is 14.6 Å². The van der Waals surface area contributed by atoms with Crippen molar-refractivity contribution in [3.05, 3.63) is 97.1 Å². The van der Waals surface area contributed by atoms with E-state index in [1.165, 1.54) is 12.4 Å². The van der Waals surface area contributed by atoms with Gasteiger partial charge in [0.15, 0.2) is 5.82 Å². The second-order valence-corrected chi connectivity index (χ2v) is 8.27. The summed E-state index contributed by atoms with van der Waals surface area (Å²) in [6.07, 6.45) is 2.56. The van der Waals surface area contributed by atoms with Crippen molar-refractivity contribution in [1.29, 1.82) is 0 Å². The molecule has 0 saturated carbocycles. The van der Waals surface area contributed by atoms with E-state index in [0.29, 0.717) is 28.5 Å². The van der Waals surface area contributed by atoms with E-state index in [-0.39, 0.29) is 18.3 Å². The molecule has 3 aromatic heterocycles. The molecule has 5 rings (SSSR count). The smallest absolute Gasteiger partial charge is 0.247 e. The van der Waals surface area contributed by atoms with Crippen LogP contribution >= 0.6 is 0 Å². The van der Waals surface area contributed by atoms with Crippen LogP contribution in [0.25, 0.3) is 27.8 Å². The number of fused-ring (bicyclic) bond motifs is 1. The van der Waals surface area contributed by atoms with Crippen LogP contribution in [-0.2, 0) is 11.4 Å². The summed E-state index contributed by atoms with van der Waals surface area (Å²) < 4.78 is 7.52. The Labute approximate surface area is 212 Å². The third-order valence-corrected chi connectivity index (χ3v) is 5.85. The second-order valence-electron chi connectivity index (χ2n) is 8.27. The predicted octanol–water partition coefficient (Wildman–Crippen LogP) is 4.76. The first kappa shape index (κ1) is 23.7. The molecule has 0 bridgehead atoms. The molecule has 0 aliphatic carbocycles. The fraction of sp³-hybridized carbons (Fsp3) is 0.0714. The molecule has 0 saturated heterocycles. The largest absolute Gasteiger partial charge is 0.439 e. The number of hydrogen-bond acceptors (Lipinski definition) is 7. The number of benzene rings is 2. The lowest BCUT2D eigenvalue weighted by molar-refractivity contribution is -0.111. The number of nitrogen functional groups attached to an aromatic ring is 1. The highest BCUT2D eigenvalue weighted by Crippen LogP contribution is 2.42. The SMILES string of the molecule is C=CC(=O)Nc1ccc(-c2c(-c3ccc(Oc4cccc(C)n4)cc3)c3c(N)ncnn3c2CO)cc1. The van der Waals surface area contributed by atoms with Crippen molar-refractivity contribution >= 4 is 22.9 Å². The molecule has 4 N–H and O–H groups in total. The van der Waals surface area contributed by atoms with E-state index in [4.69, 9.17) is 10.5 Å². The highest BCUT2D eigenvalue weighted by molar-refractivity contribution is 6.01. The Morgan fingerprint density at radius 1 is 1.08 bits per heavy atom. The van der Waals surface area contributed by atoms with Gasteiger partial charge in [-0.3, -0.25) is 4.79 Å². The summed E-state index contributed by atoms with van der Waals surface area (Å²) in [4.78, 5) is 20.3. The van der Waals surface area contributed by atoms with Gasteiger partial charge < -0.3 is 20.9 Å². The summed E-state index contributed by atoms with van der Waals surface area (Å²) in [5, 5.41) is 17.4. The number of rotatable bonds is 7. The number of ether oxygens (including phenoxy) is 1. The molecule has 0 atom stereocenters. The Bertz CT molecular complexity index is 1610. The molecule has 37 heavy (non-hydrogen) atoms. The number of aliphatic hydroxyl groups is 1. The van der Waals surface area contributed by atoms with E-state index >= 15 is 0 Å². The maximum atomic E-state index is 11.7. The number of carbonyl (C=O) groups excluding carboxylic acids is 1. The first-order chi connectivity index (χ1) is 18.0. The number of pyridine rings is 1. The van der Waals surface area contributed by atoms with Crippen molar-refractivity contribution in [2.75, 3.05) is 11.1 Å². The average Bonchev–Trinajstić information content (AvgIpc) is 3.25. The maximum Gasteiger partial charge on any atom is 0.247 e. The first-order valence-corrected chi connectivity index (χ1v) is 11.5. The predicted molar refractivity (Wildman–Crippen MR) is 142 cm³/mol. The molecule has 184 valence electrons. The highest BCUT2D eigenvalue weighted by Gasteiger charge is 2.23. The van der Waals surface area contributed by atoms with Crippen LogP contribution in [0.15, 0.2) is 85.7 Å². The summed E-state index contributed by atoms with van der Waals surface area (Å²) in [7, 11) is 0. The zero-order valence-corrected chi connectivity index (χ0v) is 20.0. The van der Waals surface area contributed by atoms with Gasteiger partial charge in [0.05, 0.1) is 12.3 Å². The zero-order chi connectivity index (χ0) is 25.9. The molecule has 3 heterocycles. The number of nitrogens with two attached hydrogens (primary N) is 1. The number of aromatic nitrogens is 4. The molecule has 0 unspecified atom stereocenters. The van der Waals surface area contributed by atoms with Crippen molar-refractivity contribution in [3.63, 3.8) is 0 Å². The Balaban J connectivity index is 1.62. The standard InChI is InChI=1S/C28H24N6O3/c1-3-23(36)33-20-11-7-18(8-12-20)25-22(15-35)34-27(28(29)30-16-31-34)26(25)19-9-13-21(14-10-19)37-24-6-4-5-17(2)32-24/h3-14,16,35H,1,15H2,2H3,(H,33,36)(H2,29,30,31). The number of carbonyl (C=O) groups is 1. The van der Waals surface area contributed by atoms with Crippen molar-refractivity contribution in [2.24, 2.45) is 0 Å². The van der Waals surface area contributed by atoms with Gasteiger partial charge in [0, 0.05) is 28.6 Å². The number of anilines is 2. The monoisotopic (exact) mass is 492 g/mol. The van der Waals surface area contributed by atoms with E-state index in [1.807, 2.05) is 55.5 Å². The minimum Gasteiger partial charge on any atom is -0.439 e. The lowest BCUT2D eigenvalue weighted by Gasteiger charge is -2.10. The molecule has 9 nitrogen and oxygen atoms in total. The van der Waals surface area contributed by atoms with Crippen LogP contribution in [0.1, 0.15) is 11.4 Å². The Kier molecular flexibility index (Phi) is 6.36. The van der Waals surface area contributed by atoms with Crippen molar-refractivity contribution in [3.8, 4) is 33.9 Å². The highest BCUT2D eigenvalue weighted by atomic mass is 16.5. The van der Waals surface area contributed by atoms with Crippen molar-refractivity contribution in [1.82, 2.24) is 19.6 Å². The summed E-state index contributed by atoms with van der Waals surface area (Å²) in [5.41, 5.74) is 12.1. The van der Waals surface area contributed by atoms with Gasteiger partial charge in [0.2, 0.25) is 11.8 Å². The summed E-state index contributed by atoms with van der Waals surface area (Å²) in [6.45, 7) is 5.10. The van der Waals surface area contributed by atoms with E-state index in [0.717, 1.165) is 27.9 Å². The minimum atomic E-state index is -0.301. The summed E-state index contributed by atoms with van der Waals surface area (Å²) in [6, 6.07) is 20.4. The molecule has 1 amide bonds. The van der Waals surface area contributed by atoms with Crippen molar-refractivity contribution in [2.45, 2.75) is 13.5 Å². The average molecular weight is 493 g/mol. The fourth-order valence-corrected chi connectivity index (χ4v) is 4.21. The normalized spacial score (nSPS) is 10.9. The molecule has 5 aromatic rings. The van der Waals surface area contributed by atoms with E-state index in [9.17, 15) is 9.90 Å². The Morgan fingerprint density at radius 3 is 2.46 bits per heavy atom. The van der Waals surface area contributed by atoms with Crippen LogP contribution in [0, 0.1) is 6.92 Å². The van der Waals surface area contributed by atoms with Gasteiger partial charge in [-0.15, -0.1) is 0 Å². The summed E-state index contributed by atoms with van der Waals surface area (Å²) in [5.74, 6) is 1.11. The molecule has 0 aliphatic rings. The molecule has 0 spiro atoms. The van der Waals surface area contributed by atoms with Crippen LogP contribution in [0.2, 0.25) is 0 Å². The Morgan fingerprint density at radius 2 is 1.78 bits per heavy atom. The van der Waals surface area contributed by atoms with Crippen LogP contribution in [0.5, 0.6) is 11.6 Å². The van der Waals surface area contributed by atoms with Gasteiger partial charge in [-0.25, -0.2) is 14.5 Å². The van der Waals surface area contributed by atoms with Gasteiger partial charge in [-0.1, -0.05) is 36.9 Å². The lowest BCUT2D eigenvalue weighted by Crippen LogP contribution is -2.06. The number of nitrogens with one attached hydrogen (secondary N) is 1. The Hall–Kier alpha value is -5.02. The van der Waals surface area contributed by atoms with E-state index in [2.05, 4.69) is 27.0 Å². The number of nitrogens with zero attached hydrogens (tertiary/aromatic N) is 4. The summed E-state index contributed by atoms with van der Waals surface area (Å²) >= 11 is 0. The van der Waals surface area contributed by atoms with Gasteiger partial charge in [0.1, 0.15) is 17.6 Å². The first-order valence-electron chi connectivity index (χ1n) is 11.5. The minimum absolute atomic E-state index is 0.276. The molecule has 0 fully saturated rings.